The Labute approximate surface area is 206 Å². The zero-order valence-electron chi connectivity index (χ0n) is 20.8. The molecule has 3 aliphatic rings. The third-order valence-electron chi connectivity index (χ3n) is 7.46. The molecule has 0 N–H and O–H groups in total. The van der Waals surface area contributed by atoms with E-state index in [1.54, 1.807) is 17.0 Å². The summed E-state index contributed by atoms with van der Waals surface area (Å²) in [6.07, 6.45) is 1.57. The zero-order chi connectivity index (χ0) is 25.3. The van der Waals surface area contributed by atoms with Crippen molar-refractivity contribution in [2.75, 3.05) is 50.7 Å². The predicted octanol–water partition coefficient (Wildman–Crippen LogP) is 2.13. The number of hydrogen-bond acceptors (Lipinski definition) is 6. The molecule has 0 spiro atoms. The van der Waals surface area contributed by atoms with Gasteiger partial charge in [0.1, 0.15) is 0 Å². The molecule has 3 fully saturated rings. The number of likely N-dealkylation sites (tertiary alicyclic amines) is 2. The number of carbonyl (C=O) groups excluding carboxylic acids is 3. The number of rotatable bonds is 4. The second-order valence-corrected chi connectivity index (χ2v) is 10.8. The number of nitro groups is 1. The van der Waals surface area contributed by atoms with Crippen LogP contribution < -0.4 is 4.90 Å². The van der Waals surface area contributed by atoms with Crippen LogP contribution in [-0.4, -0.2) is 88.7 Å². The van der Waals surface area contributed by atoms with Gasteiger partial charge in [-0.15, -0.1) is 0 Å². The maximum absolute atomic E-state index is 13.1. The second-order valence-electron chi connectivity index (χ2n) is 10.8. The average molecular weight is 486 g/mol. The molecule has 1 atom stereocenters. The van der Waals surface area contributed by atoms with E-state index in [4.69, 9.17) is 0 Å². The van der Waals surface area contributed by atoms with Crippen LogP contribution in [0.3, 0.4) is 0 Å². The second kappa shape index (κ2) is 9.83. The van der Waals surface area contributed by atoms with E-state index < -0.39 is 4.92 Å². The highest BCUT2D eigenvalue weighted by atomic mass is 16.6. The summed E-state index contributed by atoms with van der Waals surface area (Å²) >= 11 is 0. The standard InChI is InChI=1S/C25H35N5O5/c1-25(2,3)29-17-19(16-22(29)31)24(33)27-10-8-18(9-11-27)23(32)28-14-12-26(13-15-28)20-4-6-21(7-5-20)30(34)35/h4-7,18-19H,8-17H2,1-3H3. The summed E-state index contributed by atoms with van der Waals surface area (Å²) in [7, 11) is 0. The molecule has 0 aliphatic carbocycles. The molecule has 4 rings (SSSR count). The van der Waals surface area contributed by atoms with Crippen molar-refractivity contribution in [2.24, 2.45) is 11.8 Å². The largest absolute Gasteiger partial charge is 0.368 e. The lowest BCUT2D eigenvalue weighted by Gasteiger charge is -2.39. The van der Waals surface area contributed by atoms with Crippen molar-refractivity contribution in [3.8, 4) is 0 Å². The molecule has 10 heteroatoms. The Balaban J connectivity index is 1.24. The maximum Gasteiger partial charge on any atom is 0.269 e. The van der Waals surface area contributed by atoms with Crippen LogP contribution in [0.4, 0.5) is 11.4 Å². The smallest absolute Gasteiger partial charge is 0.269 e. The molecular weight excluding hydrogens is 450 g/mol. The first-order chi connectivity index (χ1) is 16.5. The van der Waals surface area contributed by atoms with Gasteiger partial charge in [0.25, 0.3) is 5.69 Å². The lowest BCUT2D eigenvalue weighted by molar-refractivity contribution is -0.384. The first-order valence-electron chi connectivity index (χ1n) is 12.4. The molecule has 3 saturated heterocycles. The van der Waals surface area contributed by atoms with Gasteiger partial charge in [-0.05, 0) is 45.7 Å². The third-order valence-corrected chi connectivity index (χ3v) is 7.46. The predicted molar refractivity (Wildman–Crippen MR) is 131 cm³/mol. The molecule has 0 saturated carbocycles. The molecule has 0 aromatic heterocycles. The fourth-order valence-electron chi connectivity index (χ4n) is 5.35. The monoisotopic (exact) mass is 485 g/mol. The van der Waals surface area contributed by atoms with Crippen LogP contribution in [0.5, 0.6) is 0 Å². The van der Waals surface area contributed by atoms with Gasteiger partial charge in [0, 0.05) is 81.5 Å². The van der Waals surface area contributed by atoms with E-state index in [9.17, 15) is 24.5 Å². The number of benzene rings is 1. The van der Waals surface area contributed by atoms with Gasteiger partial charge in [0.2, 0.25) is 17.7 Å². The van der Waals surface area contributed by atoms with Crippen LogP contribution in [0.25, 0.3) is 0 Å². The number of hydrogen-bond donors (Lipinski definition) is 0. The minimum atomic E-state index is -0.410. The van der Waals surface area contributed by atoms with Gasteiger partial charge in [-0.1, -0.05) is 0 Å². The number of amides is 3. The number of anilines is 1. The van der Waals surface area contributed by atoms with Gasteiger partial charge in [0.15, 0.2) is 0 Å². The highest BCUT2D eigenvalue weighted by Crippen LogP contribution is 2.29. The summed E-state index contributed by atoms with van der Waals surface area (Å²) in [4.78, 5) is 56.6. The van der Waals surface area contributed by atoms with Gasteiger partial charge >= 0.3 is 0 Å². The van der Waals surface area contributed by atoms with Gasteiger partial charge in [0.05, 0.1) is 10.8 Å². The minimum Gasteiger partial charge on any atom is -0.368 e. The van der Waals surface area contributed by atoms with Gasteiger partial charge in [-0.25, -0.2) is 0 Å². The Morgan fingerprint density at radius 3 is 1.94 bits per heavy atom. The summed E-state index contributed by atoms with van der Waals surface area (Å²) in [5, 5.41) is 10.9. The molecular formula is C25H35N5O5. The van der Waals surface area contributed by atoms with Crippen molar-refractivity contribution in [2.45, 2.75) is 45.6 Å². The average Bonchev–Trinajstić information content (AvgIpc) is 3.25. The van der Waals surface area contributed by atoms with Gasteiger partial charge in [-0.2, -0.15) is 0 Å². The Morgan fingerprint density at radius 2 is 1.43 bits per heavy atom. The Kier molecular flexibility index (Phi) is 7.00. The van der Waals surface area contributed by atoms with Crippen molar-refractivity contribution in [3.63, 3.8) is 0 Å². The fourth-order valence-corrected chi connectivity index (χ4v) is 5.35. The molecule has 0 bridgehead atoms. The number of carbonyl (C=O) groups is 3. The van der Waals surface area contributed by atoms with Gasteiger partial charge in [-0.3, -0.25) is 24.5 Å². The van der Waals surface area contributed by atoms with Crippen LogP contribution in [0, 0.1) is 22.0 Å². The summed E-state index contributed by atoms with van der Waals surface area (Å²) in [6.45, 7) is 10.1. The maximum atomic E-state index is 13.1. The van der Waals surface area contributed by atoms with E-state index >= 15 is 0 Å². The van der Waals surface area contributed by atoms with Crippen LogP contribution >= 0.6 is 0 Å². The van der Waals surface area contributed by atoms with Crippen LogP contribution in [-0.2, 0) is 14.4 Å². The van der Waals surface area contributed by atoms with E-state index in [2.05, 4.69) is 4.90 Å². The van der Waals surface area contributed by atoms with E-state index in [0.29, 0.717) is 58.7 Å². The van der Waals surface area contributed by atoms with E-state index in [-0.39, 0.29) is 47.2 Å². The molecule has 35 heavy (non-hydrogen) atoms. The lowest BCUT2D eigenvalue weighted by Crippen LogP contribution is -2.52. The minimum absolute atomic E-state index is 0.0349. The summed E-state index contributed by atoms with van der Waals surface area (Å²) in [5.41, 5.74) is 0.706. The van der Waals surface area contributed by atoms with Crippen molar-refractivity contribution >= 4 is 29.1 Å². The topological polar surface area (TPSA) is 107 Å². The third kappa shape index (κ3) is 5.41. The first-order valence-corrected chi connectivity index (χ1v) is 12.4. The van der Waals surface area contributed by atoms with Gasteiger partial charge < -0.3 is 19.6 Å². The van der Waals surface area contributed by atoms with E-state index in [0.717, 1.165) is 5.69 Å². The molecule has 10 nitrogen and oxygen atoms in total. The molecule has 0 radical (unpaired) electrons. The van der Waals surface area contributed by atoms with E-state index in [1.165, 1.54) is 12.1 Å². The molecule has 3 heterocycles. The highest BCUT2D eigenvalue weighted by Gasteiger charge is 2.42. The van der Waals surface area contributed by atoms with Crippen molar-refractivity contribution in [1.29, 1.82) is 0 Å². The summed E-state index contributed by atoms with van der Waals surface area (Å²) in [5.74, 6) is -0.153. The molecule has 1 aromatic carbocycles. The zero-order valence-corrected chi connectivity index (χ0v) is 20.8. The van der Waals surface area contributed by atoms with Crippen LogP contribution in [0.2, 0.25) is 0 Å². The Morgan fingerprint density at radius 1 is 0.886 bits per heavy atom. The number of piperazine rings is 1. The van der Waals surface area contributed by atoms with Crippen molar-refractivity contribution in [1.82, 2.24) is 14.7 Å². The highest BCUT2D eigenvalue weighted by molar-refractivity contribution is 5.90. The Bertz CT molecular complexity index is 973. The number of nitro benzene ring substituents is 1. The summed E-state index contributed by atoms with van der Waals surface area (Å²) in [6, 6.07) is 6.51. The fraction of sp³-hybridized carbons (Fsp3) is 0.640. The molecule has 1 unspecified atom stereocenters. The van der Waals surface area contributed by atoms with Crippen LogP contribution in [0.15, 0.2) is 24.3 Å². The summed E-state index contributed by atoms with van der Waals surface area (Å²) < 4.78 is 0. The normalized spacial score (nSPS) is 22.0. The quantitative estimate of drug-likeness (QED) is 0.478. The van der Waals surface area contributed by atoms with E-state index in [1.807, 2.05) is 30.6 Å². The number of non-ortho nitro benzene ring substituents is 1. The van der Waals surface area contributed by atoms with Crippen molar-refractivity contribution in [3.05, 3.63) is 34.4 Å². The SMILES string of the molecule is CC(C)(C)N1CC(C(=O)N2CCC(C(=O)N3CCN(c4ccc([N+](=O)[O-])cc4)CC3)CC2)CC1=O. The van der Waals surface area contributed by atoms with Crippen molar-refractivity contribution < 1.29 is 19.3 Å². The molecule has 3 aliphatic heterocycles. The molecule has 190 valence electrons. The lowest BCUT2D eigenvalue weighted by atomic mass is 9.93. The number of nitrogens with zero attached hydrogens (tertiary/aromatic N) is 5. The Hall–Kier alpha value is -3.17. The molecule has 1 aromatic rings. The molecule has 3 amide bonds. The van der Waals surface area contributed by atoms with Crippen LogP contribution in [0.1, 0.15) is 40.0 Å². The number of piperidine rings is 1. The first kappa shape index (κ1) is 24.9.